The molecule has 86 valence electrons. The van der Waals surface area contributed by atoms with Crippen LogP contribution in [0.3, 0.4) is 0 Å². The van der Waals surface area contributed by atoms with Gasteiger partial charge in [-0.15, -0.1) is 0 Å². The van der Waals surface area contributed by atoms with Gasteiger partial charge in [0.1, 0.15) is 0 Å². The van der Waals surface area contributed by atoms with E-state index in [2.05, 4.69) is 0 Å². The number of hydrogen-bond acceptors (Lipinski definition) is 1. The fraction of sp³-hybridized carbons (Fsp3) is 0.0714. The van der Waals surface area contributed by atoms with Gasteiger partial charge in [0.25, 0.3) is 0 Å². The molecule has 0 unspecified atom stereocenters. The highest BCUT2D eigenvalue weighted by atomic mass is 35.5. The van der Waals surface area contributed by atoms with Crippen molar-refractivity contribution in [2.24, 2.45) is 0 Å². The van der Waals surface area contributed by atoms with Crippen LogP contribution in [0.4, 0.5) is 5.69 Å². The van der Waals surface area contributed by atoms with Crippen LogP contribution in [0.2, 0.25) is 5.02 Å². The highest BCUT2D eigenvalue weighted by Gasteiger charge is 2.03. The summed E-state index contributed by atoms with van der Waals surface area (Å²) in [6.45, 7) is 1.93. The Morgan fingerprint density at radius 3 is 2.47 bits per heavy atom. The van der Waals surface area contributed by atoms with Crippen molar-refractivity contribution in [3.8, 4) is 0 Å². The Hall–Kier alpha value is -1.80. The molecule has 2 rings (SSSR count). The fourth-order valence-electron chi connectivity index (χ4n) is 1.56. The third-order valence-electron chi connectivity index (χ3n) is 2.50. The van der Waals surface area contributed by atoms with Crippen molar-refractivity contribution in [2.45, 2.75) is 6.92 Å². The number of rotatable bonds is 2. The normalized spacial score (nSPS) is 11.5. The Morgan fingerprint density at radius 1 is 1.12 bits per heavy atom. The van der Waals surface area contributed by atoms with Gasteiger partial charge in [0.15, 0.2) is 6.21 Å². The molecule has 0 N–H and O–H groups in total. The molecule has 0 aromatic heterocycles. The second-order valence-corrected chi connectivity index (χ2v) is 4.23. The van der Waals surface area contributed by atoms with Crippen LogP contribution < -0.4 is 0 Å². The third-order valence-corrected chi connectivity index (χ3v) is 2.73. The van der Waals surface area contributed by atoms with Crippen molar-refractivity contribution in [2.75, 3.05) is 0 Å². The van der Waals surface area contributed by atoms with Gasteiger partial charge < -0.3 is 5.21 Å². The van der Waals surface area contributed by atoms with E-state index in [0.717, 1.165) is 15.9 Å². The molecule has 0 aliphatic rings. The lowest BCUT2D eigenvalue weighted by molar-refractivity contribution is -0.354. The first kappa shape index (κ1) is 11.7. The second-order valence-electron chi connectivity index (χ2n) is 3.79. The van der Waals surface area contributed by atoms with Gasteiger partial charge in [-0.3, -0.25) is 0 Å². The van der Waals surface area contributed by atoms with E-state index in [4.69, 9.17) is 11.6 Å². The molecule has 0 heterocycles. The molecule has 17 heavy (non-hydrogen) atoms. The molecular weight excluding hydrogens is 234 g/mol. The van der Waals surface area contributed by atoms with Crippen molar-refractivity contribution < 1.29 is 4.74 Å². The summed E-state index contributed by atoms with van der Waals surface area (Å²) in [5, 5.41) is 12.6. The zero-order valence-corrected chi connectivity index (χ0v) is 10.2. The van der Waals surface area contributed by atoms with E-state index in [0.29, 0.717) is 10.7 Å². The molecule has 3 heteroatoms. The fourth-order valence-corrected chi connectivity index (χ4v) is 1.79. The minimum Gasteiger partial charge on any atom is -0.618 e. The predicted molar refractivity (Wildman–Crippen MR) is 71.1 cm³/mol. The minimum absolute atomic E-state index is 0.613. The van der Waals surface area contributed by atoms with Gasteiger partial charge >= 0.3 is 0 Å². The largest absolute Gasteiger partial charge is 0.618 e. The molecule has 0 fully saturated rings. The van der Waals surface area contributed by atoms with Crippen LogP contribution in [0.5, 0.6) is 0 Å². The van der Waals surface area contributed by atoms with Crippen LogP contribution in [0, 0.1) is 12.1 Å². The minimum atomic E-state index is 0.613. The van der Waals surface area contributed by atoms with Crippen LogP contribution in [0.1, 0.15) is 11.1 Å². The van der Waals surface area contributed by atoms with E-state index < -0.39 is 0 Å². The van der Waals surface area contributed by atoms with E-state index in [1.165, 1.54) is 0 Å². The summed E-state index contributed by atoms with van der Waals surface area (Å²) in [7, 11) is 0. The lowest BCUT2D eigenvalue weighted by Gasteiger charge is -2.04. The number of para-hydroxylation sites is 1. The average molecular weight is 246 g/mol. The van der Waals surface area contributed by atoms with Crippen LogP contribution in [0.25, 0.3) is 0 Å². The first-order valence-electron chi connectivity index (χ1n) is 5.29. The van der Waals surface area contributed by atoms with Crippen LogP contribution in [0.15, 0.2) is 48.5 Å². The van der Waals surface area contributed by atoms with Crippen molar-refractivity contribution >= 4 is 23.5 Å². The molecule has 2 aromatic carbocycles. The number of halogens is 1. The predicted octanol–water partition coefficient (Wildman–Crippen LogP) is 3.91. The number of hydrogen-bond donors (Lipinski definition) is 0. The zero-order chi connectivity index (χ0) is 12.3. The molecular formula is C14H12ClNO. The Balaban J connectivity index is 2.36. The molecule has 0 saturated heterocycles. The maximum atomic E-state index is 11.9. The molecule has 0 spiro atoms. The quantitative estimate of drug-likeness (QED) is 0.341. The van der Waals surface area contributed by atoms with E-state index >= 15 is 0 Å². The monoisotopic (exact) mass is 245 g/mol. The van der Waals surface area contributed by atoms with Crippen molar-refractivity contribution in [3.05, 3.63) is 69.9 Å². The maximum absolute atomic E-state index is 11.9. The van der Waals surface area contributed by atoms with Gasteiger partial charge in [0.05, 0.1) is 0 Å². The lowest BCUT2D eigenvalue weighted by atomic mass is 10.1. The third kappa shape index (κ3) is 2.86. The summed E-state index contributed by atoms with van der Waals surface area (Å²) in [4.78, 5) is 0. The first-order chi connectivity index (χ1) is 8.16. The Bertz CT molecular complexity index is 549. The van der Waals surface area contributed by atoms with Gasteiger partial charge in [-0.1, -0.05) is 29.8 Å². The van der Waals surface area contributed by atoms with Gasteiger partial charge in [-0.2, -0.15) is 4.74 Å². The Morgan fingerprint density at radius 2 is 1.82 bits per heavy atom. The topological polar surface area (TPSA) is 26.1 Å². The van der Waals surface area contributed by atoms with Crippen LogP contribution in [-0.2, 0) is 0 Å². The number of nitrogens with zero attached hydrogens (tertiary/aromatic N) is 1. The summed E-state index contributed by atoms with van der Waals surface area (Å²) in [5.41, 5.74) is 2.46. The summed E-state index contributed by atoms with van der Waals surface area (Å²) >= 11 is 5.86. The molecule has 0 saturated carbocycles. The van der Waals surface area contributed by atoms with Gasteiger partial charge in [0, 0.05) is 22.7 Å². The number of benzene rings is 2. The van der Waals surface area contributed by atoms with Crippen molar-refractivity contribution in [1.82, 2.24) is 0 Å². The van der Waals surface area contributed by atoms with Crippen molar-refractivity contribution in [1.29, 1.82) is 0 Å². The van der Waals surface area contributed by atoms with E-state index in [9.17, 15) is 5.21 Å². The molecule has 2 nitrogen and oxygen atoms in total. The maximum Gasteiger partial charge on any atom is 0.216 e. The summed E-state index contributed by atoms with van der Waals surface area (Å²) in [5.74, 6) is 0. The van der Waals surface area contributed by atoms with Crippen LogP contribution >= 0.6 is 11.6 Å². The molecule has 0 aliphatic heterocycles. The highest BCUT2D eigenvalue weighted by molar-refractivity contribution is 6.30. The molecule has 0 radical (unpaired) electrons. The SMILES string of the molecule is Cc1cc(Cl)ccc1C=[N+]([O-])c1ccccc1. The summed E-state index contributed by atoms with van der Waals surface area (Å²) in [6, 6.07) is 14.6. The van der Waals surface area contributed by atoms with Crippen LogP contribution in [-0.4, -0.2) is 11.0 Å². The standard InChI is InChI=1S/C14H12ClNO/c1-11-9-13(15)8-7-12(11)10-16(17)14-5-3-2-4-6-14/h2-10H,1H3. The first-order valence-corrected chi connectivity index (χ1v) is 5.67. The molecule has 0 atom stereocenters. The summed E-state index contributed by atoms with van der Waals surface area (Å²) < 4.78 is 0.857. The van der Waals surface area contributed by atoms with E-state index in [-0.39, 0.29) is 0 Å². The van der Waals surface area contributed by atoms with E-state index in [1.807, 2.05) is 37.3 Å². The molecule has 2 aromatic rings. The smallest absolute Gasteiger partial charge is 0.216 e. The van der Waals surface area contributed by atoms with Crippen molar-refractivity contribution in [3.63, 3.8) is 0 Å². The van der Waals surface area contributed by atoms with Gasteiger partial charge in [-0.25, -0.2) is 0 Å². The average Bonchev–Trinajstić information content (AvgIpc) is 2.34. The number of aryl methyl sites for hydroxylation is 1. The van der Waals surface area contributed by atoms with E-state index in [1.54, 1.807) is 24.4 Å². The Labute approximate surface area is 105 Å². The summed E-state index contributed by atoms with van der Waals surface area (Å²) in [6.07, 6.45) is 1.56. The molecule has 0 amide bonds. The van der Waals surface area contributed by atoms with Gasteiger partial charge in [0.2, 0.25) is 5.69 Å². The zero-order valence-electron chi connectivity index (χ0n) is 9.43. The molecule has 0 aliphatic carbocycles. The highest BCUT2D eigenvalue weighted by Crippen LogP contribution is 2.15. The molecule has 0 bridgehead atoms. The Kier molecular flexibility index (Phi) is 3.45. The lowest BCUT2D eigenvalue weighted by Crippen LogP contribution is -2.00. The second kappa shape index (κ2) is 5.02. The van der Waals surface area contributed by atoms with Gasteiger partial charge in [-0.05, 0) is 30.7 Å².